The third-order valence-electron chi connectivity index (χ3n) is 4.94. The summed E-state index contributed by atoms with van der Waals surface area (Å²) in [6, 6.07) is 0.387. The van der Waals surface area contributed by atoms with E-state index < -0.39 is 0 Å². The molecule has 6 heteroatoms. The molecule has 1 fully saturated rings. The maximum Gasteiger partial charge on any atom is 0.159 e. The Morgan fingerprint density at radius 2 is 2.17 bits per heavy atom. The Balaban J connectivity index is 1.69. The summed E-state index contributed by atoms with van der Waals surface area (Å²) in [5.74, 6) is 3.15. The van der Waals surface area contributed by atoms with Crippen LogP contribution in [0.1, 0.15) is 45.4 Å². The maximum absolute atomic E-state index is 6.00. The van der Waals surface area contributed by atoms with Crippen LogP contribution < -0.4 is 5.32 Å². The van der Waals surface area contributed by atoms with Crippen molar-refractivity contribution >= 4 is 5.82 Å². The minimum absolute atomic E-state index is 0.346. The fourth-order valence-electron chi connectivity index (χ4n) is 3.47. The Labute approximate surface area is 143 Å². The summed E-state index contributed by atoms with van der Waals surface area (Å²) in [5, 5.41) is 3.55. The second kappa shape index (κ2) is 7.75. The molecular formula is C18H27N5O. The molecule has 2 aromatic heterocycles. The van der Waals surface area contributed by atoms with Gasteiger partial charge in [-0.05, 0) is 25.7 Å². The third kappa shape index (κ3) is 3.75. The third-order valence-corrected chi connectivity index (χ3v) is 4.94. The molecular weight excluding hydrogens is 302 g/mol. The molecule has 0 amide bonds. The molecule has 3 rings (SSSR count). The largest absolute Gasteiger partial charge is 0.378 e. The number of hydrogen-bond donors (Lipinski definition) is 1. The Morgan fingerprint density at radius 3 is 2.88 bits per heavy atom. The first-order valence-corrected chi connectivity index (χ1v) is 8.91. The molecule has 0 spiro atoms. The lowest BCUT2D eigenvalue weighted by Gasteiger charge is -2.34. The minimum Gasteiger partial charge on any atom is -0.378 e. The smallest absolute Gasteiger partial charge is 0.159 e. The van der Waals surface area contributed by atoms with Gasteiger partial charge in [-0.2, -0.15) is 0 Å². The van der Waals surface area contributed by atoms with E-state index in [4.69, 9.17) is 4.74 Å². The van der Waals surface area contributed by atoms with Gasteiger partial charge in [-0.15, -0.1) is 0 Å². The first kappa shape index (κ1) is 16.9. The first-order valence-electron chi connectivity index (χ1n) is 8.91. The molecule has 1 saturated heterocycles. The molecule has 3 heterocycles. The molecule has 24 heavy (non-hydrogen) atoms. The lowest BCUT2D eigenvalue weighted by Crippen LogP contribution is -2.38. The van der Waals surface area contributed by atoms with Gasteiger partial charge < -0.3 is 10.1 Å². The Kier molecular flexibility index (Phi) is 5.45. The molecule has 0 aromatic carbocycles. The van der Waals surface area contributed by atoms with E-state index in [2.05, 4.69) is 34.1 Å². The highest BCUT2D eigenvalue weighted by Gasteiger charge is 2.27. The predicted molar refractivity (Wildman–Crippen MR) is 94.3 cm³/mol. The van der Waals surface area contributed by atoms with Crippen molar-refractivity contribution in [2.24, 2.45) is 5.92 Å². The lowest BCUT2D eigenvalue weighted by molar-refractivity contribution is -0.0271. The molecule has 2 aromatic rings. The number of hydrogen-bond acceptors (Lipinski definition) is 5. The van der Waals surface area contributed by atoms with Crippen LogP contribution in [0.3, 0.4) is 0 Å². The molecule has 0 bridgehead atoms. The molecule has 130 valence electrons. The summed E-state index contributed by atoms with van der Waals surface area (Å²) in [6.45, 7) is 7.26. The predicted octanol–water partition coefficient (Wildman–Crippen LogP) is 3.37. The van der Waals surface area contributed by atoms with E-state index in [0.29, 0.717) is 18.1 Å². The van der Waals surface area contributed by atoms with Crippen LogP contribution in [-0.2, 0) is 4.74 Å². The average Bonchev–Trinajstić information content (AvgIpc) is 3.03. The second-order valence-corrected chi connectivity index (χ2v) is 6.46. The van der Waals surface area contributed by atoms with E-state index >= 15 is 0 Å². The van der Waals surface area contributed by atoms with Crippen LogP contribution in [0.25, 0.3) is 5.82 Å². The molecule has 0 saturated carbocycles. The van der Waals surface area contributed by atoms with Crippen LogP contribution in [0.2, 0.25) is 0 Å². The molecule has 6 nitrogen and oxygen atoms in total. The van der Waals surface area contributed by atoms with Gasteiger partial charge in [0.05, 0.1) is 18.5 Å². The van der Waals surface area contributed by atoms with Crippen LogP contribution in [0.15, 0.2) is 24.8 Å². The number of aromatic nitrogens is 4. The van der Waals surface area contributed by atoms with Crippen LogP contribution in [0, 0.1) is 12.8 Å². The fourth-order valence-corrected chi connectivity index (χ4v) is 3.47. The van der Waals surface area contributed by atoms with Gasteiger partial charge >= 0.3 is 0 Å². The van der Waals surface area contributed by atoms with Crippen molar-refractivity contribution in [2.45, 2.75) is 58.6 Å². The number of imidazole rings is 1. The molecule has 1 aliphatic heterocycles. The van der Waals surface area contributed by atoms with Gasteiger partial charge in [0.2, 0.25) is 0 Å². The molecule has 1 aliphatic rings. The van der Waals surface area contributed by atoms with E-state index in [1.54, 1.807) is 18.6 Å². The van der Waals surface area contributed by atoms with Gasteiger partial charge in [-0.1, -0.05) is 26.7 Å². The molecule has 1 N–H and O–H groups in total. The van der Waals surface area contributed by atoms with Gasteiger partial charge in [-0.25, -0.2) is 9.97 Å². The van der Waals surface area contributed by atoms with Crippen molar-refractivity contribution in [1.82, 2.24) is 19.5 Å². The average molecular weight is 329 g/mol. The van der Waals surface area contributed by atoms with Crippen LogP contribution in [0.5, 0.6) is 0 Å². The normalized spacial score (nSPS) is 21.2. The van der Waals surface area contributed by atoms with Crippen molar-refractivity contribution in [3.8, 4) is 5.82 Å². The van der Waals surface area contributed by atoms with Crippen LogP contribution in [0.4, 0.5) is 5.82 Å². The number of ether oxygens (including phenoxy) is 1. The summed E-state index contributed by atoms with van der Waals surface area (Å²) in [7, 11) is 0. The zero-order valence-corrected chi connectivity index (χ0v) is 14.8. The van der Waals surface area contributed by atoms with Crippen molar-refractivity contribution < 1.29 is 4.74 Å². The van der Waals surface area contributed by atoms with Crippen LogP contribution in [-0.4, -0.2) is 38.3 Å². The van der Waals surface area contributed by atoms with E-state index in [1.807, 2.05) is 17.7 Å². The number of rotatable bonds is 6. The van der Waals surface area contributed by atoms with Gasteiger partial charge in [0.1, 0.15) is 11.6 Å². The summed E-state index contributed by atoms with van der Waals surface area (Å²) in [5.41, 5.74) is 0. The number of nitrogens with zero attached hydrogens (tertiary/aromatic N) is 4. The highest BCUT2D eigenvalue weighted by Crippen LogP contribution is 2.26. The number of aryl methyl sites for hydroxylation is 1. The van der Waals surface area contributed by atoms with Crippen molar-refractivity contribution in [3.63, 3.8) is 0 Å². The van der Waals surface area contributed by atoms with Gasteiger partial charge in [-0.3, -0.25) is 9.55 Å². The summed E-state index contributed by atoms with van der Waals surface area (Å²) in [6.07, 6.45) is 11.9. The van der Waals surface area contributed by atoms with E-state index in [1.165, 1.54) is 12.8 Å². The zero-order valence-electron chi connectivity index (χ0n) is 14.8. The number of nitrogens with one attached hydrogen (secondary N) is 1. The monoisotopic (exact) mass is 329 g/mol. The van der Waals surface area contributed by atoms with E-state index in [-0.39, 0.29) is 0 Å². The number of anilines is 1. The summed E-state index contributed by atoms with van der Waals surface area (Å²) >= 11 is 0. The minimum atomic E-state index is 0.346. The van der Waals surface area contributed by atoms with E-state index in [0.717, 1.165) is 36.9 Å². The van der Waals surface area contributed by atoms with Gasteiger partial charge in [0.25, 0.3) is 0 Å². The molecule has 2 atom stereocenters. The highest BCUT2D eigenvalue weighted by molar-refractivity contribution is 5.37. The van der Waals surface area contributed by atoms with Gasteiger partial charge in [0, 0.05) is 25.0 Å². The standard InChI is InChI=1S/C18H27N5O/c1-4-14(5-2)16-10-15(6-9-24-16)21-17-11-19-12-18(22-17)23-8-7-20-13(23)3/h7-8,11-12,14-16H,4-6,9-10H2,1-3H3,(H,21,22). The topological polar surface area (TPSA) is 64.9 Å². The van der Waals surface area contributed by atoms with Crippen molar-refractivity contribution in [1.29, 1.82) is 0 Å². The summed E-state index contributed by atoms with van der Waals surface area (Å²) < 4.78 is 7.94. The quantitative estimate of drug-likeness (QED) is 0.880. The Bertz CT molecular complexity index is 652. The Morgan fingerprint density at radius 1 is 1.33 bits per heavy atom. The first-order chi connectivity index (χ1) is 11.7. The van der Waals surface area contributed by atoms with E-state index in [9.17, 15) is 0 Å². The maximum atomic E-state index is 6.00. The highest BCUT2D eigenvalue weighted by atomic mass is 16.5. The molecule has 0 radical (unpaired) electrons. The van der Waals surface area contributed by atoms with Gasteiger partial charge in [0.15, 0.2) is 5.82 Å². The molecule has 0 aliphatic carbocycles. The van der Waals surface area contributed by atoms with Crippen molar-refractivity contribution in [3.05, 3.63) is 30.6 Å². The lowest BCUT2D eigenvalue weighted by atomic mass is 9.89. The van der Waals surface area contributed by atoms with Crippen molar-refractivity contribution in [2.75, 3.05) is 11.9 Å². The van der Waals surface area contributed by atoms with Crippen LogP contribution >= 0.6 is 0 Å². The SMILES string of the molecule is CCC(CC)C1CC(Nc2cncc(-n3ccnc3C)n2)CCO1. The summed E-state index contributed by atoms with van der Waals surface area (Å²) in [4.78, 5) is 13.3. The zero-order chi connectivity index (χ0) is 16.9. The Hall–Kier alpha value is -1.95. The fraction of sp³-hybridized carbons (Fsp3) is 0.611. The second-order valence-electron chi connectivity index (χ2n) is 6.46. The molecule has 2 unspecified atom stereocenters.